The number of carbonyl (C=O) groups excluding carboxylic acids is 1. The SMILES string of the molecule is O=C(O)C(O)=CC(=O)c1occ(C2CCCCC2)c1Cc1ccc(F)cc1. The summed E-state index contributed by atoms with van der Waals surface area (Å²) in [6.07, 6.45) is 7.98. The van der Waals surface area contributed by atoms with Gasteiger partial charge in [0.05, 0.1) is 6.26 Å². The number of aliphatic carboxylic acids is 1. The first kappa shape index (κ1) is 18.9. The van der Waals surface area contributed by atoms with Crippen LogP contribution in [-0.4, -0.2) is 22.0 Å². The van der Waals surface area contributed by atoms with Crippen LogP contribution in [0.2, 0.25) is 0 Å². The lowest BCUT2D eigenvalue weighted by atomic mass is 9.82. The molecule has 1 heterocycles. The maximum Gasteiger partial charge on any atom is 0.371 e. The molecule has 0 aliphatic heterocycles. The predicted molar refractivity (Wildman–Crippen MR) is 96.4 cm³/mol. The third-order valence-electron chi connectivity index (χ3n) is 4.98. The summed E-state index contributed by atoms with van der Waals surface area (Å²) in [4.78, 5) is 23.3. The molecule has 2 aromatic rings. The number of hydrogen-bond donors (Lipinski definition) is 2. The van der Waals surface area contributed by atoms with Crippen LogP contribution >= 0.6 is 0 Å². The van der Waals surface area contributed by atoms with Crippen molar-refractivity contribution in [2.24, 2.45) is 0 Å². The summed E-state index contributed by atoms with van der Waals surface area (Å²) >= 11 is 0. The smallest absolute Gasteiger partial charge is 0.371 e. The Kier molecular flexibility index (Phi) is 5.74. The van der Waals surface area contributed by atoms with Crippen molar-refractivity contribution in [3.05, 3.63) is 70.6 Å². The molecule has 0 atom stereocenters. The van der Waals surface area contributed by atoms with Crippen LogP contribution in [0.5, 0.6) is 0 Å². The number of rotatable bonds is 6. The van der Waals surface area contributed by atoms with Gasteiger partial charge in [-0.1, -0.05) is 31.4 Å². The standard InChI is InChI=1S/C21H21FO5/c22-15-8-6-13(7-9-15)10-16-17(14-4-2-1-3-5-14)12-27-20(16)18(23)11-19(24)21(25)26/h6-9,11-12,14,24H,1-5,10H2,(H,25,26). The fourth-order valence-corrected chi connectivity index (χ4v) is 3.60. The maximum atomic E-state index is 13.2. The Bertz CT molecular complexity index is 857. The number of halogens is 1. The second-order valence-electron chi connectivity index (χ2n) is 6.84. The lowest BCUT2D eigenvalue weighted by Crippen LogP contribution is -2.09. The second-order valence-corrected chi connectivity index (χ2v) is 6.84. The topological polar surface area (TPSA) is 87.7 Å². The fourth-order valence-electron chi connectivity index (χ4n) is 3.60. The molecular weight excluding hydrogens is 351 g/mol. The van der Waals surface area contributed by atoms with Gasteiger partial charge in [0.1, 0.15) is 5.82 Å². The number of carboxylic acids is 1. The first-order valence-electron chi connectivity index (χ1n) is 8.98. The van der Waals surface area contributed by atoms with Crippen LogP contribution in [0.1, 0.15) is 65.3 Å². The van der Waals surface area contributed by atoms with Gasteiger partial charge in [-0.05, 0) is 42.0 Å². The van der Waals surface area contributed by atoms with Crippen molar-refractivity contribution in [1.29, 1.82) is 0 Å². The van der Waals surface area contributed by atoms with Gasteiger partial charge >= 0.3 is 5.97 Å². The Morgan fingerprint density at radius 2 is 1.78 bits per heavy atom. The van der Waals surface area contributed by atoms with E-state index in [0.717, 1.165) is 36.8 Å². The van der Waals surface area contributed by atoms with Crippen molar-refractivity contribution in [3.63, 3.8) is 0 Å². The fraction of sp³-hybridized carbons (Fsp3) is 0.333. The highest BCUT2D eigenvalue weighted by Gasteiger charge is 2.26. The zero-order chi connectivity index (χ0) is 19.4. The van der Waals surface area contributed by atoms with Crippen LogP contribution in [0.4, 0.5) is 4.39 Å². The van der Waals surface area contributed by atoms with Crippen molar-refractivity contribution in [2.75, 3.05) is 0 Å². The Morgan fingerprint density at radius 3 is 2.41 bits per heavy atom. The highest BCUT2D eigenvalue weighted by atomic mass is 19.1. The third kappa shape index (κ3) is 4.45. The van der Waals surface area contributed by atoms with E-state index in [4.69, 9.17) is 9.52 Å². The number of aliphatic hydroxyl groups excluding tert-OH is 1. The first-order valence-corrected chi connectivity index (χ1v) is 8.98. The molecule has 5 nitrogen and oxygen atoms in total. The van der Waals surface area contributed by atoms with E-state index in [1.807, 2.05) is 0 Å². The van der Waals surface area contributed by atoms with Crippen LogP contribution in [0.3, 0.4) is 0 Å². The molecule has 1 fully saturated rings. The van der Waals surface area contributed by atoms with Gasteiger partial charge in [0, 0.05) is 18.1 Å². The van der Waals surface area contributed by atoms with Gasteiger partial charge in [0.15, 0.2) is 5.76 Å². The lowest BCUT2D eigenvalue weighted by molar-refractivity contribution is -0.135. The van der Waals surface area contributed by atoms with E-state index < -0.39 is 17.5 Å². The number of carbonyl (C=O) groups is 2. The van der Waals surface area contributed by atoms with Gasteiger partial charge in [0.2, 0.25) is 11.5 Å². The molecule has 6 heteroatoms. The van der Waals surface area contributed by atoms with Crippen molar-refractivity contribution in [3.8, 4) is 0 Å². The molecule has 1 saturated carbocycles. The molecular formula is C21H21FO5. The van der Waals surface area contributed by atoms with Gasteiger partial charge in [-0.2, -0.15) is 0 Å². The number of ketones is 1. The summed E-state index contributed by atoms with van der Waals surface area (Å²) in [5.41, 5.74) is 2.42. The van der Waals surface area contributed by atoms with Crippen molar-refractivity contribution >= 4 is 11.8 Å². The third-order valence-corrected chi connectivity index (χ3v) is 4.98. The molecule has 0 bridgehead atoms. The predicted octanol–water partition coefficient (Wildman–Crippen LogP) is 4.77. The van der Waals surface area contributed by atoms with Gasteiger partial charge in [-0.15, -0.1) is 0 Å². The number of benzene rings is 1. The summed E-state index contributed by atoms with van der Waals surface area (Å²) in [5, 5.41) is 18.2. The van der Waals surface area contributed by atoms with E-state index >= 15 is 0 Å². The van der Waals surface area contributed by atoms with E-state index in [0.29, 0.717) is 18.1 Å². The molecule has 0 saturated heterocycles. The van der Waals surface area contributed by atoms with E-state index in [-0.39, 0.29) is 17.5 Å². The minimum atomic E-state index is -1.58. The Hall–Kier alpha value is -2.89. The maximum absolute atomic E-state index is 13.2. The number of carboxylic acid groups (broad SMARTS) is 1. The van der Waals surface area contributed by atoms with E-state index in [2.05, 4.69) is 0 Å². The minimum Gasteiger partial charge on any atom is -0.502 e. The molecule has 142 valence electrons. The zero-order valence-corrected chi connectivity index (χ0v) is 14.8. The average molecular weight is 372 g/mol. The molecule has 1 aliphatic carbocycles. The molecule has 0 unspecified atom stereocenters. The summed E-state index contributed by atoms with van der Waals surface area (Å²) in [6.45, 7) is 0. The van der Waals surface area contributed by atoms with Crippen molar-refractivity contribution in [1.82, 2.24) is 0 Å². The first-order chi connectivity index (χ1) is 13.0. The van der Waals surface area contributed by atoms with E-state index in [9.17, 15) is 19.1 Å². The average Bonchev–Trinajstić information content (AvgIpc) is 3.07. The quantitative estimate of drug-likeness (QED) is 0.433. The van der Waals surface area contributed by atoms with Crippen molar-refractivity contribution in [2.45, 2.75) is 44.4 Å². The zero-order valence-electron chi connectivity index (χ0n) is 14.8. The number of aliphatic hydroxyl groups is 1. The van der Waals surface area contributed by atoms with E-state index in [1.54, 1.807) is 18.4 Å². The van der Waals surface area contributed by atoms with Crippen LogP contribution in [0.15, 0.2) is 46.8 Å². The Morgan fingerprint density at radius 1 is 1.11 bits per heavy atom. The van der Waals surface area contributed by atoms with Gasteiger partial charge in [-0.25, -0.2) is 9.18 Å². The molecule has 3 rings (SSSR count). The van der Waals surface area contributed by atoms with Crippen LogP contribution in [0, 0.1) is 5.82 Å². The highest BCUT2D eigenvalue weighted by molar-refractivity contribution is 6.07. The summed E-state index contributed by atoms with van der Waals surface area (Å²) in [6, 6.07) is 6.00. The second kappa shape index (κ2) is 8.20. The summed E-state index contributed by atoms with van der Waals surface area (Å²) < 4.78 is 18.7. The van der Waals surface area contributed by atoms with Gasteiger partial charge in [-0.3, -0.25) is 4.79 Å². The number of furan rings is 1. The Balaban J connectivity index is 1.98. The van der Waals surface area contributed by atoms with Crippen LogP contribution < -0.4 is 0 Å². The Labute approximate surface area is 156 Å². The molecule has 2 N–H and O–H groups in total. The molecule has 1 aromatic heterocycles. The minimum absolute atomic E-state index is 0.0210. The largest absolute Gasteiger partial charge is 0.502 e. The molecule has 1 aromatic carbocycles. The molecule has 0 amide bonds. The lowest BCUT2D eigenvalue weighted by Gasteiger charge is -2.21. The van der Waals surface area contributed by atoms with Gasteiger partial charge < -0.3 is 14.6 Å². The van der Waals surface area contributed by atoms with E-state index in [1.165, 1.54) is 18.6 Å². The summed E-state index contributed by atoms with van der Waals surface area (Å²) in [7, 11) is 0. The number of hydrogen-bond acceptors (Lipinski definition) is 4. The van der Waals surface area contributed by atoms with Gasteiger partial charge in [0.25, 0.3) is 0 Å². The van der Waals surface area contributed by atoms with Crippen molar-refractivity contribution < 1.29 is 28.6 Å². The number of allylic oxidation sites excluding steroid dienone is 1. The van der Waals surface area contributed by atoms with Crippen LogP contribution in [-0.2, 0) is 11.2 Å². The van der Waals surface area contributed by atoms with Crippen LogP contribution in [0.25, 0.3) is 0 Å². The molecule has 1 aliphatic rings. The summed E-state index contributed by atoms with van der Waals surface area (Å²) in [5.74, 6) is -3.37. The molecule has 0 spiro atoms. The normalized spacial score (nSPS) is 15.7. The molecule has 0 radical (unpaired) electrons. The highest BCUT2D eigenvalue weighted by Crippen LogP contribution is 2.37. The molecule has 27 heavy (non-hydrogen) atoms. The monoisotopic (exact) mass is 372 g/mol.